The summed E-state index contributed by atoms with van der Waals surface area (Å²) in [5.74, 6) is 0.940. The Kier molecular flexibility index (Phi) is 3.74. The first kappa shape index (κ1) is 13.2. The fourth-order valence-corrected chi connectivity index (χ4v) is 3.68. The third kappa shape index (κ3) is 3.16. The van der Waals surface area contributed by atoms with Gasteiger partial charge >= 0.3 is 0 Å². The van der Waals surface area contributed by atoms with Crippen LogP contribution in [0.2, 0.25) is 0 Å². The maximum absolute atomic E-state index is 12.3. The van der Waals surface area contributed by atoms with Crippen LogP contribution in [0.4, 0.5) is 0 Å². The zero-order valence-electron chi connectivity index (χ0n) is 11.1. The third-order valence-electron chi connectivity index (χ3n) is 3.69. The zero-order chi connectivity index (χ0) is 12.6. The van der Waals surface area contributed by atoms with Crippen LogP contribution in [0.5, 0.6) is 0 Å². The fourth-order valence-electron chi connectivity index (χ4n) is 2.98. The number of amides is 1. The van der Waals surface area contributed by atoms with E-state index in [4.69, 9.17) is 5.73 Å². The third-order valence-corrected chi connectivity index (χ3v) is 4.94. The monoisotopic (exact) mass is 256 g/mol. The molecule has 0 spiro atoms. The van der Waals surface area contributed by atoms with Crippen molar-refractivity contribution in [2.75, 3.05) is 5.75 Å². The number of hydrogen-bond acceptors (Lipinski definition) is 3. The van der Waals surface area contributed by atoms with E-state index in [1.165, 1.54) is 0 Å². The highest BCUT2D eigenvalue weighted by atomic mass is 32.2. The summed E-state index contributed by atoms with van der Waals surface area (Å²) in [6.07, 6.45) is 4.32. The van der Waals surface area contributed by atoms with Gasteiger partial charge in [0.2, 0.25) is 5.91 Å². The highest BCUT2D eigenvalue weighted by molar-refractivity contribution is 8.01. The normalized spacial score (nSPS) is 32.9. The molecule has 2 aliphatic heterocycles. The Morgan fingerprint density at radius 1 is 1.29 bits per heavy atom. The van der Waals surface area contributed by atoms with Gasteiger partial charge in [0, 0.05) is 22.9 Å². The van der Waals surface area contributed by atoms with Gasteiger partial charge in [0.05, 0.1) is 5.75 Å². The van der Waals surface area contributed by atoms with Crippen molar-refractivity contribution in [1.82, 2.24) is 4.90 Å². The number of carbonyl (C=O) groups excluding carboxylic acids is 1. The van der Waals surface area contributed by atoms with Crippen molar-refractivity contribution >= 4 is 17.7 Å². The smallest absolute Gasteiger partial charge is 0.233 e. The summed E-state index contributed by atoms with van der Waals surface area (Å²) in [6.45, 7) is 6.48. The van der Waals surface area contributed by atoms with Gasteiger partial charge < -0.3 is 10.6 Å². The van der Waals surface area contributed by atoms with E-state index in [0.29, 0.717) is 29.8 Å². The Morgan fingerprint density at radius 2 is 1.82 bits per heavy atom. The van der Waals surface area contributed by atoms with Crippen molar-refractivity contribution in [3.63, 3.8) is 0 Å². The van der Waals surface area contributed by atoms with E-state index in [1.807, 2.05) is 0 Å². The molecule has 2 aliphatic rings. The second kappa shape index (κ2) is 4.81. The molecule has 0 saturated carbocycles. The molecule has 2 atom stereocenters. The summed E-state index contributed by atoms with van der Waals surface area (Å²) in [6, 6.07) is 1.17. The number of fused-ring (bicyclic) bond motifs is 2. The van der Waals surface area contributed by atoms with E-state index in [9.17, 15) is 4.79 Å². The molecular weight excluding hydrogens is 232 g/mol. The molecule has 2 unspecified atom stereocenters. The maximum atomic E-state index is 12.3. The van der Waals surface area contributed by atoms with Crippen LogP contribution in [0.25, 0.3) is 0 Å². The van der Waals surface area contributed by atoms with Crippen LogP contribution in [0.3, 0.4) is 0 Å². The average molecular weight is 256 g/mol. The van der Waals surface area contributed by atoms with Crippen LogP contribution >= 0.6 is 11.8 Å². The average Bonchev–Trinajstić information content (AvgIpc) is 2.47. The van der Waals surface area contributed by atoms with Gasteiger partial charge in [0.1, 0.15) is 0 Å². The largest absolute Gasteiger partial charge is 0.336 e. The van der Waals surface area contributed by atoms with Crippen LogP contribution in [0.15, 0.2) is 0 Å². The Morgan fingerprint density at radius 3 is 2.29 bits per heavy atom. The fraction of sp³-hybridized carbons (Fsp3) is 0.923. The van der Waals surface area contributed by atoms with Gasteiger partial charge in [-0.2, -0.15) is 0 Å². The molecule has 0 aromatic carbocycles. The number of thioether (sulfide) groups is 1. The number of nitrogens with zero attached hydrogens (tertiary/aromatic N) is 1. The molecule has 0 aromatic rings. The van der Waals surface area contributed by atoms with E-state index in [0.717, 1.165) is 25.7 Å². The Bertz CT molecular complexity index is 286. The highest BCUT2D eigenvalue weighted by Gasteiger charge is 2.42. The quantitative estimate of drug-likeness (QED) is 0.822. The second-order valence-corrected chi connectivity index (χ2v) is 8.12. The zero-order valence-corrected chi connectivity index (χ0v) is 11.9. The minimum Gasteiger partial charge on any atom is -0.336 e. The van der Waals surface area contributed by atoms with E-state index < -0.39 is 0 Å². The van der Waals surface area contributed by atoms with Crippen molar-refractivity contribution in [2.45, 2.75) is 69.3 Å². The lowest BCUT2D eigenvalue weighted by Crippen LogP contribution is -2.50. The van der Waals surface area contributed by atoms with Gasteiger partial charge in [-0.25, -0.2) is 0 Å². The minimum atomic E-state index is 0.168. The van der Waals surface area contributed by atoms with Gasteiger partial charge in [-0.1, -0.05) is 20.8 Å². The van der Waals surface area contributed by atoms with Gasteiger partial charge in [-0.05, 0) is 25.7 Å². The maximum Gasteiger partial charge on any atom is 0.233 e. The van der Waals surface area contributed by atoms with Crippen LogP contribution in [0, 0.1) is 0 Å². The molecule has 2 N–H and O–H groups in total. The highest BCUT2D eigenvalue weighted by Crippen LogP contribution is 2.36. The van der Waals surface area contributed by atoms with Crippen LogP contribution < -0.4 is 5.73 Å². The number of hydrogen-bond donors (Lipinski definition) is 1. The molecule has 2 bridgehead atoms. The first-order chi connectivity index (χ1) is 7.87. The standard InChI is InChI=1S/C13H24N2OS/c1-13(2,3)17-8-12(16)15-10-4-5-11(15)7-9(14)6-10/h9-11H,4-8,14H2,1-3H3. The van der Waals surface area contributed by atoms with Crippen molar-refractivity contribution in [3.8, 4) is 0 Å². The molecule has 2 rings (SSSR count). The topological polar surface area (TPSA) is 46.3 Å². The Labute approximate surface area is 108 Å². The molecule has 4 heteroatoms. The summed E-state index contributed by atoms with van der Waals surface area (Å²) in [7, 11) is 0. The predicted octanol–water partition coefficient (Wildman–Crippen LogP) is 2.00. The van der Waals surface area contributed by atoms with E-state index >= 15 is 0 Å². The van der Waals surface area contributed by atoms with Crippen LogP contribution in [0.1, 0.15) is 46.5 Å². The molecule has 0 radical (unpaired) electrons. The summed E-state index contributed by atoms with van der Waals surface area (Å²) in [4.78, 5) is 14.4. The second-order valence-electron chi connectivity index (χ2n) is 6.32. The Hall–Kier alpha value is -0.220. The number of rotatable bonds is 2. The molecule has 2 saturated heterocycles. The molecule has 3 nitrogen and oxygen atoms in total. The lowest BCUT2D eigenvalue weighted by atomic mass is 9.98. The molecule has 2 fully saturated rings. The van der Waals surface area contributed by atoms with Crippen LogP contribution in [-0.4, -0.2) is 39.4 Å². The lowest BCUT2D eigenvalue weighted by Gasteiger charge is -2.38. The lowest BCUT2D eigenvalue weighted by molar-refractivity contribution is -0.132. The number of nitrogens with two attached hydrogens (primary N) is 1. The first-order valence-corrected chi connectivity index (χ1v) is 7.56. The number of carbonyl (C=O) groups is 1. The summed E-state index contributed by atoms with van der Waals surface area (Å²) in [5.41, 5.74) is 6.02. The summed E-state index contributed by atoms with van der Waals surface area (Å²) >= 11 is 1.75. The van der Waals surface area contributed by atoms with Gasteiger partial charge in [-0.3, -0.25) is 4.79 Å². The minimum absolute atomic E-state index is 0.168. The van der Waals surface area contributed by atoms with E-state index in [-0.39, 0.29) is 4.75 Å². The van der Waals surface area contributed by atoms with Crippen molar-refractivity contribution < 1.29 is 4.79 Å². The molecule has 98 valence electrons. The predicted molar refractivity (Wildman–Crippen MR) is 73.1 cm³/mol. The first-order valence-electron chi connectivity index (χ1n) is 6.57. The van der Waals surface area contributed by atoms with Crippen molar-refractivity contribution in [3.05, 3.63) is 0 Å². The molecule has 1 amide bonds. The Balaban J connectivity index is 1.92. The van der Waals surface area contributed by atoms with E-state index in [1.54, 1.807) is 11.8 Å². The molecule has 0 aromatic heterocycles. The molecule has 0 aliphatic carbocycles. The SMILES string of the molecule is CC(C)(C)SCC(=O)N1C2CCC1CC(N)C2. The van der Waals surface area contributed by atoms with Crippen LogP contribution in [-0.2, 0) is 4.79 Å². The van der Waals surface area contributed by atoms with Gasteiger partial charge in [0.15, 0.2) is 0 Å². The van der Waals surface area contributed by atoms with Gasteiger partial charge in [-0.15, -0.1) is 11.8 Å². The van der Waals surface area contributed by atoms with E-state index in [2.05, 4.69) is 25.7 Å². The molecule has 17 heavy (non-hydrogen) atoms. The molecular formula is C13H24N2OS. The number of piperidine rings is 1. The van der Waals surface area contributed by atoms with Crippen molar-refractivity contribution in [2.24, 2.45) is 5.73 Å². The summed E-state index contributed by atoms with van der Waals surface area (Å²) in [5, 5.41) is 0. The van der Waals surface area contributed by atoms with Gasteiger partial charge in [0.25, 0.3) is 0 Å². The molecule has 2 heterocycles. The summed E-state index contributed by atoms with van der Waals surface area (Å²) < 4.78 is 0.168. The van der Waals surface area contributed by atoms with Crippen molar-refractivity contribution in [1.29, 1.82) is 0 Å².